The number of carbonyl (C=O) groups excluding carboxylic acids is 1. The molecule has 116 valence electrons. The summed E-state index contributed by atoms with van der Waals surface area (Å²) in [6.45, 7) is 0.887. The van der Waals surface area contributed by atoms with Gasteiger partial charge >= 0.3 is 0 Å². The highest BCUT2D eigenvalue weighted by Crippen LogP contribution is 2.26. The molecule has 0 radical (unpaired) electrons. The molecule has 0 saturated carbocycles. The van der Waals surface area contributed by atoms with Gasteiger partial charge in [0.2, 0.25) is 0 Å². The Kier molecular flexibility index (Phi) is 5.91. The third-order valence-electron chi connectivity index (χ3n) is 2.86. The fraction of sp³-hybridized carbons (Fsp3) is 0.188. The van der Waals surface area contributed by atoms with Crippen LogP contribution in [0.4, 0.5) is 10.1 Å². The zero-order valence-corrected chi connectivity index (χ0v) is 13.5. The minimum Gasteiger partial charge on any atom is -0.490 e. The summed E-state index contributed by atoms with van der Waals surface area (Å²) in [6.07, 6.45) is 0. The Morgan fingerprint density at radius 3 is 2.68 bits per heavy atom. The van der Waals surface area contributed by atoms with Gasteiger partial charge in [-0.3, -0.25) is 4.79 Å². The van der Waals surface area contributed by atoms with Crippen molar-refractivity contribution in [2.24, 2.45) is 0 Å². The number of benzene rings is 2. The normalized spacial score (nSPS) is 10.3. The van der Waals surface area contributed by atoms with Gasteiger partial charge in [0.1, 0.15) is 18.2 Å². The molecule has 1 N–H and O–H groups in total. The van der Waals surface area contributed by atoms with Gasteiger partial charge in [-0.05, 0) is 46.3 Å². The average Bonchev–Trinajstić information content (AvgIpc) is 2.51. The zero-order chi connectivity index (χ0) is 15.9. The summed E-state index contributed by atoms with van der Waals surface area (Å²) in [6, 6.07) is 10.9. The van der Waals surface area contributed by atoms with Crippen LogP contribution in [0.15, 0.2) is 46.9 Å². The molecule has 0 fully saturated rings. The van der Waals surface area contributed by atoms with E-state index >= 15 is 0 Å². The van der Waals surface area contributed by atoms with Crippen molar-refractivity contribution in [3.8, 4) is 5.75 Å². The van der Waals surface area contributed by atoms with E-state index in [-0.39, 0.29) is 5.69 Å². The maximum Gasteiger partial charge on any atom is 0.255 e. The van der Waals surface area contributed by atoms with E-state index < -0.39 is 11.7 Å². The molecule has 0 aliphatic heterocycles. The lowest BCUT2D eigenvalue weighted by Gasteiger charge is -2.10. The van der Waals surface area contributed by atoms with E-state index in [0.717, 1.165) is 0 Å². The fourth-order valence-corrected chi connectivity index (χ4v) is 2.24. The molecule has 0 spiro atoms. The van der Waals surface area contributed by atoms with E-state index in [1.807, 2.05) is 0 Å². The summed E-state index contributed by atoms with van der Waals surface area (Å²) in [5.74, 6) is -0.261. The first-order valence-electron chi connectivity index (χ1n) is 6.59. The summed E-state index contributed by atoms with van der Waals surface area (Å²) in [7, 11) is 1.59. The first-order valence-corrected chi connectivity index (χ1v) is 7.38. The second-order valence-corrected chi connectivity index (χ2v) is 5.27. The van der Waals surface area contributed by atoms with Crippen molar-refractivity contribution in [2.75, 3.05) is 25.6 Å². The highest BCUT2D eigenvalue weighted by Gasteiger charge is 2.11. The second-order valence-electron chi connectivity index (χ2n) is 4.42. The molecule has 2 aromatic carbocycles. The quantitative estimate of drug-likeness (QED) is 0.788. The van der Waals surface area contributed by atoms with Gasteiger partial charge in [0, 0.05) is 12.7 Å². The highest BCUT2D eigenvalue weighted by atomic mass is 79.9. The van der Waals surface area contributed by atoms with E-state index in [0.29, 0.717) is 29.0 Å². The van der Waals surface area contributed by atoms with Gasteiger partial charge in [-0.1, -0.05) is 12.1 Å². The largest absolute Gasteiger partial charge is 0.490 e. The van der Waals surface area contributed by atoms with Gasteiger partial charge in [-0.15, -0.1) is 0 Å². The molecule has 0 heterocycles. The first kappa shape index (κ1) is 16.5. The molecule has 22 heavy (non-hydrogen) atoms. The van der Waals surface area contributed by atoms with Crippen molar-refractivity contribution >= 4 is 27.5 Å². The molecule has 0 aliphatic carbocycles. The van der Waals surface area contributed by atoms with Gasteiger partial charge in [-0.2, -0.15) is 0 Å². The van der Waals surface area contributed by atoms with Crippen LogP contribution in [-0.4, -0.2) is 26.2 Å². The Bertz CT molecular complexity index is 664. The van der Waals surface area contributed by atoms with Crippen LogP contribution in [0.25, 0.3) is 0 Å². The van der Waals surface area contributed by atoms with E-state index in [1.165, 1.54) is 12.1 Å². The first-order chi connectivity index (χ1) is 10.6. The SMILES string of the molecule is COCCOc1ccc(C(=O)Nc2ccccc2F)cc1Br. The molecular formula is C16H15BrFNO3. The van der Waals surface area contributed by atoms with Crippen LogP contribution in [-0.2, 0) is 4.74 Å². The summed E-state index contributed by atoms with van der Waals surface area (Å²) < 4.78 is 24.6. The van der Waals surface area contributed by atoms with Crippen molar-refractivity contribution in [1.29, 1.82) is 0 Å². The van der Waals surface area contributed by atoms with Crippen LogP contribution in [0.1, 0.15) is 10.4 Å². The van der Waals surface area contributed by atoms with Crippen molar-refractivity contribution in [3.63, 3.8) is 0 Å². The molecule has 0 aliphatic rings. The number of ether oxygens (including phenoxy) is 2. The van der Waals surface area contributed by atoms with Crippen molar-refractivity contribution < 1.29 is 18.7 Å². The molecule has 1 amide bonds. The second kappa shape index (κ2) is 7.91. The van der Waals surface area contributed by atoms with E-state index in [1.54, 1.807) is 37.4 Å². The van der Waals surface area contributed by atoms with Gasteiger partial charge in [0.15, 0.2) is 0 Å². The summed E-state index contributed by atoms with van der Waals surface area (Å²) >= 11 is 3.35. The number of nitrogens with one attached hydrogen (secondary N) is 1. The molecule has 0 unspecified atom stereocenters. The number of halogens is 2. The van der Waals surface area contributed by atoms with Crippen LogP contribution in [0.5, 0.6) is 5.75 Å². The average molecular weight is 368 g/mol. The smallest absolute Gasteiger partial charge is 0.255 e. The monoisotopic (exact) mass is 367 g/mol. The number of carbonyl (C=O) groups is 1. The maximum atomic E-state index is 13.5. The van der Waals surface area contributed by atoms with Gasteiger partial charge in [0.25, 0.3) is 5.91 Å². The number of para-hydroxylation sites is 1. The van der Waals surface area contributed by atoms with Crippen LogP contribution < -0.4 is 10.1 Å². The number of methoxy groups -OCH3 is 1. The molecule has 2 aromatic rings. The van der Waals surface area contributed by atoms with Crippen LogP contribution >= 0.6 is 15.9 Å². The Balaban J connectivity index is 2.07. The molecule has 4 nitrogen and oxygen atoms in total. The molecule has 2 rings (SSSR count). The predicted molar refractivity (Wildman–Crippen MR) is 85.9 cm³/mol. The molecule has 0 aromatic heterocycles. The van der Waals surface area contributed by atoms with E-state index in [9.17, 15) is 9.18 Å². The highest BCUT2D eigenvalue weighted by molar-refractivity contribution is 9.10. The third-order valence-corrected chi connectivity index (χ3v) is 3.48. The summed E-state index contributed by atoms with van der Waals surface area (Å²) in [5.41, 5.74) is 0.540. The van der Waals surface area contributed by atoms with Gasteiger partial charge < -0.3 is 14.8 Å². The van der Waals surface area contributed by atoms with Gasteiger partial charge in [0.05, 0.1) is 16.8 Å². The van der Waals surface area contributed by atoms with Gasteiger partial charge in [-0.25, -0.2) is 4.39 Å². The number of amides is 1. The number of rotatable bonds is 6. The topological polar surface area (TPSA) is 47.6 Å². The lowest BCUT2D eigenvalue weighted by molar-refractivity contribution is 0.102. The summed E-state index contributed by atoms with van der Waals surface area (Å²) in [4.78, 5) is 12.1. The third kappa shape index (κ3) is 4.29. The maximum absolute atomic E-state index is 13.5. The minimum absolute atomic E-state index is 0.143. The van der Waals surface area contributed by atoms with E-state index in [2.05, 4.69) is 21.2 Å². The van der Waals surface area contributed by atoms with Crippen molar-refractivity contribution in [3.05, 3.63) is 58.3 Å². The molecule has 0 bridgehead atoms. The molecule has 0 saturated heterocycles. The number of hydrogen-bond donors (Lipinski definition) is 1. The Morgan fingerprint density at radius 1 is 1.23 bits per heavy atom. The van der Waals surface area contributed by atoms with Crippen LogP contribution in [0.2, 0.25) is 0 Å². The molecule has 0 atom stereocenters. The minimum atomic E-state index is -0.477. The molecule has 6 heteroatoms. The predicted octanol–water partition coefficient (Wildman–Crippen LogP) is 3.87. The van der Waals surface area contributed by atoms with Crippen LogP contribution in [0.3, 0.4) is 0 Å². The Labute approximate surface area is 136 Å². The Hall–Kier alpha value is -1.92. The lowest BCUT2D eigenvalue weighted by atomic mass is 10.2. The standard InChI is InChI=1S/C16H15BrFNO3/c1-21-8-9-22-15-7-6-11(10-12(15)17)16(20)19-14-5-3-2-4-13(14)18/h2-7,10H,8-9H2,1H3,(H,19,20). The van der Waals surface area contributed by atoms with Crippen molar-refractivity contribution in [1.82, 2.24) is 0 Å². The zero-order valence-electron chi connectivity index (χ0n) is 11.9. The molecular weight excluding hydrogens is 353 g/mol. The van der Waals surface area contributed by atoms with E-state index in [4.69, 9.17) is 9.47 Å². The Morgan fingerprint density at radius 2 is 2.00 bits per heavy atom. The lowest BCUT2D eigenvalue weighted by Crippen LogP contribution is -2.13. The summed E-state index contributed by atoms with van der Waals surface area (Å²) in [5, 5.41) is 2.53. The number of anilines is 1. The van der Waals surface area contributed by atoms with Crippen LogP contribution in [0, 0.1) is 5.82 Å². The number of hydrogen-bond acceptors (Lipinski definition) is 3. The van der Waals surface area contributed by atoms with Crippen molar-refractivity contribution in [2.45, 2.75) is 0 Å². The fourth-order valence-electron chi connectivity index (χ4n) is 1.75.